The van der Waals surface area contributed by atoms with Gasteiger partial charge in [0.25, 0.3) is 0 Å². The summed E-state index contributed by atoms with van der Waals surface area (Å²) >= 11 is 0. The van der Waals surface area contributed by atoms with E-state index in [1.807, 2.05) is 0 Å². The highest BCUT2D eigenvalue weighted by molar-refractivity contribution is 5.76. The SMILES string of the molecule is O=C(O)CCCC(=O)NCCOCC1CC1. The van der Waals surface area contributed by atoms with Crippen molar-refractivity contribution >= 4 is 11.9 Å². The molecule has 1 fully saturated rings. The molecule has 92 valence electrons. The molecular weight excluding hydrogens is 210 g/mol. The molecular formula is C11H19NO4. The van der Waals surface area contributed by atoms with Crippen LogP contribution in [0.1, 0.15) is 32.1 Å². The number of carboxylic acid groups (broad SMARTS) is 1. The zero-order valence-electron chi connectivity index (χ0n) is 9.41. The number of carbonyl (C=O) groups excluding carboxylic acids is 1. The molecule has 0 bridgehead atoms. The van der Waals surface area contributed by atoms with Crippen LogP contribution in [0.3, 0.4) is 0 Å². The Bertz CT molecular complexity index is 238. The first kappa shape index (κ1) is 13.0. The number of amides is 1. The van der Waals surface area contributed by atoms with Crippen LogP contribution >= 0.6 is 0 Å². The molecule has 1 aliphatic rings. The van der Waals surface area contributed by atoms with Gasteiger partial charge in [0.2, 0.25) is 5.91 Å². The molecule has 0 aliphatic heterocycles. The first-order valence-corrected chi connectivity index (χ1v) is 5.74. The van der Waals surface area contributed by atoms with Crippen molar-refractivity contribution in [1.82, 2.24) is 5.32 Å². The van der Waals surface area contributed by atoms with Gasteiger partial charge in [-0.1, -0.05) is 0 Å². The maximum Gasteiger partial charge on any atom is 0.303 e. The van der Waals surface area contributed by atoms with Crippen molar-refractivity contribution in [3.05, 3.63) is 0 Å². The number of ether oxygens (including phenoxy) is 1. The molecule has 0 heterocycles. The largest absolute Gasteiger partial charge is 0.481 e. The van der Waals surface area contributed by atoms with Gasteiger partial charge in [0.15, 0.2) is 0 Å². The first-order valence-electron chi connectivity index (χ1n) is 5.74. The molecule has 16 heavy (non-hydrogen) atoms. The van der Waals surface area contributed by atoms with Crippen LogP contribution in [0, 0.1) is 5.92 Å². The van der Waals surface area contributed by atoms with Crippen LogP contribution in [-0.2, 0) is 14.3 Å². The van der Waals surface area contributed by atoms with Crippen LogP contribution < -0.4 is 5.32 Å². The van der Waals surface area contributed by atoms with Gasteiger partial charge in [-0.2, -0.15) is 0 Å². The van der Waals surface area contributed by atoms with E-state index in [0.717, 1.165) is 12.5 Å². The Morgan fingerprint density at radius 2 is 2.06 bits per heavy atom. The minimum Gasteiger partial charge on any atom is -0.481 e. The van der Waals surface area contributed by atoms with Gasteiger partial charge < -0.3 is 15.2 Å². The van der Waals surface area contributed by atoms with E-state index in [1.165, 1.54) is 12.8 Å². The Balaban J connectivity index is 1.83. The smallest absolute Gasteiger partial charge is 0.303 e. The zero-order chi connectivity index (χ0) is 11.8. The van der Waals surface area contributed by atoms with E-state index in [-0.39, 0.29) is 18.7 Å². The monoisotopic (exact) mass is 229 g/mol. The van der Waals surface area contributed by atoms with Crippen molar-refractivity contribution in [2.24, 2.45) is 5.92 Å². The zero-order valence-corrected chi connectivity index (χ0v) is 9.41. The van der Waals surface area contributed by atoms with Gasteiger partial charge in [-0.25, -0.2) is 0 Å². The molecule has 0 spiro atoms. The molecule has 0 radical (unpaired) electrons. The second-order valence-electron chi connectivity index (χ2n) is 4.12. The number of nitrogens with one attached hydrogen (secondary N) is 1. The van der Waals surface area contributed by atoms with E-state index < -0.39 is 5.97 Å². The van der Waals surface area contributed by atoms with Crippen LogP contribution in [0.2, 0.25) is 0 Å². The molecule has 0 atom stereocenters. The molecule has 1 rings (SSSR count). The number of hydrogen-bond donors (Lipinski definition) is 2. The van der Waals surface area contributed by atoms with E-state index >= 15 is 0 Å². The standard InChI is InChI=1S/C11H19NO4/c13-10(2-1-3-11(14)15)12-6-7-16-8-9-4-5-9/h9H,1-8H2,(H,12,13)(H,14,15). The number of rotatable bonds is 9. The molecule has 0 unspecified atom stereocenters. The number of carbonyl (C=O) groups is 2. The predicted molar refractivity (Wildman–Crippen MR) is 58.0 cm³/mol. The highest BCUT2D eigenvalue weighted by Crippen LogP contribution is 2.28. The van der Waals surface area contributed by atoms with Gasteiger partial charge >= 0.3 is 5.97 Å². The lowest BCUT2D eigenvalue weighted by Gasteiger charge is -2.05. The lowest BCUT2D eigenvalue weighted by Crippen LogP contribution is -2.27. The minimum absolute atomic E-state index is 0.0472. The maximum absolute atomic E-state index is 11.2. The molecule has 0 saturated heterocycles. The fourth-order valence-electron chi connectivity index (χ4n) is 1.29. The Labute approximate surface area is 95.2 Å². The lowest BCUT2D eigenvalue weighted by molar-refractivity contribution is -0.137. The van der Waals surface area contributed by atoms with E-state index in [1.54, 1.807) is 0 Å². The van der Waals surface area contributed by atoms with Crippen molar-refractivity contribution in [3.8, 4) is 0 Å². The van der Waals surface area contributed by atoms with Crippen LogP contribution in [0.25, 0.3) is 0 Å². The number of carboxylic acids is 1. The van der Waals surface area contributed by atoms with Gasteiger partial charge in [-0.3, -0.25) is 9.59 Å². The van der Waals surface area contributed by atoms with Gasteiger partial charge in [-0.05, 0) is 25.2 Å². The molecule has 1 aliphatic carbocycles. The quantitative estimate of drug-likeness (QED) is 0.573. The molecule has 1 amide bonds. The topological polar surface area (TPSA) is 75.6 Å². The third-order valence-electron chi connectivity index (χ3n) is 2.41. The van der Waals surface area contributed by atoms with Crippen LogP contribution in [-0.4, -0.2) is 36.7 Å². The lowest BCUT2D eigenvalue weighted by atomic mass is 10.2. The van der Waals surface area contributed by atoms with Gasteiger partial charge in [0, 0.05) is 26.0 Å². The fourth-order valence-corrected chi connectivity index (χ4v) is 1.29. The highest BCUT2D eigenvalue weighted by Gasteiger charge is 2.20. The molecule has 0 aromatic rings. The normalized spacial score (nSPS) is 14.8. The summed E-state index contributed by atoms with van der Waals surface area (Å²) in [5.74, 6) is -0.219. The molecule has 0 aromatic carbocycles. The fraction of sp³-hybridized carbons (Fsp3) is 0.818. The average Bonchev–Trinajstić information content (AvgIpc) is 3.00. The Morgan fingerprint density at radius 1 is 1.31 bits per heavy atom. The molecule has 0 aromatic heterocycles. The van der Waals surface area contributed by atoms with Crippen LogP contribution in [0.4, 0.5) is 0 Å². The summed E-state index contributed by atoms with van der Waals surface area (Å²) in [4.78, 5) is 21.4. The van der Waals surface area contributed by atoms with Gasteiger partial charge in [0.05, 0.1) is 6.61 Å². The molecule has 1 saturated carbocycles. The summed E-state index contributed by atoms with van der Waals surface area (Å²) in [5, 5.41) is 11.1. The third kappa shape index (κ3) is 7.23. The maximum atomic E-state index is 11.2. The van der Waals surface area contributed by atoms with E-state index in [4.69, 9.17) is 9.84 Å². The molecule has 2 N–H and O–H groups in total. The predicted octanol–water partition coefficient (Wildman–Crippen LogP) is 0.784. The second-order valence-corrected chi connectivity index (χ2v) is 4.12. The Morgan fingerprint density at radius 3 is 2.69 bits per heavy atom. The second kappa shape index (κ2) is 7.22. The summed E-state index contributed by atoms with van der Waals surface area (Å²) < 4.78 is 5.34. The van der Waals surface area contributed by atoms with Crippen molar-refractivity contribution in [3.63, 3.8) is 0 Å². The molecule has 5 heteroatoms. The van der Waals surface area contributed by atoms with Crippen LogP contribution in [0.5, 0.6) is 0 Å². The average molecular weight is 229 g/mol. The summed E-state index contributed by atoms with van der Waals surface area (Å²) in [6.07, 6.45) is 3.24. The Hall–Kier alpha value is -1.10. The summed E-state index contributed by atoms with van der Waals surface area (Å²) in [6.45, 7) is 1.86. The summed E-state index contributed by atoms with van der Waals surface area (Å²) in [7, 11) is 0. The summed E-state index contributed by atoms with van der Waals surface area (Å²) in [6, 6.07) is 0. The molecule has 5 nitrogen and oxygen atoms in total. The van der Waals surface area contributed by atoms with E-state index in [9.17, 15) is 9.59 Å². The summed E-state index contributed by atoms with van der Waals surface area (Å²) in [5.41, 5.74) is 0. The first-order chi connectivity index (χ1) is 7.68. The Kier molecular flexibility index (Phi) is 5.85. The number of hydrogen-bond acceptors (Lipinski definition) is 3. The van der Waals surface area contributed by atoms with Crippen molar-refractivity contribution in [2.75, 3.05) is 19.8 Å². The van der Waals surface area contributed by atoms with E-state index in [2.05, 4.69) is 5.32 Å². The minimum atomic E-state index is -0.861. The van der Waals surface area contributed by atoms with Gasteiger partial charge in [-0.15, -0.1) is 0 Å². The van der Waals surface area contributed by atoms with E-state index in [0.29, 0.717) is 19.6 Å². The van der Waals surface area contributed by atoms with Gasteiger partial charge in [0.1, 0.15) is 0 Å². The third-order valence-corrected chi connectivity index (χ3v) is 2.41. The van der Waals surface area contributed by atoms with Crippen molar-refractivity contribution in [1.29, 1.82) is 0 Å². The number of aliphatic carboxylic acids is 1. The highest BCUT2D eigenvalue weighted by atomic mass is 16.5. The van der Waals surface area contributed by atoms with Crippen molar-refractivity contribution < 1.29 is 19.4 Å². The van der Waals surface area contributed by atoms with Crippen LogP contribution in [0.15, 0.2) is 0 Å². The van der Waals surface area contributed by atoms with Crippen molar-refractivity contribution in [2.45, 2.75) is 32.1 Å².